The van der Waals surface area contributed by atoms with Gasteiger partial charge in [0.1, 0.15) is 0 Å². The summed E-state index contributed by atoms with van der Waals surface area (Å²) in [6.07, 6.45) is 10.3. The lowest BCUT2D eigenvalue weighted by Crippen LogP contribution is -2.40. The standard InChI is InChI=1S/C15H20ClNO2/c16-14-12(8-10-19-14)15(18)17-9-4-7-13(17)11-5-2-1-3-6-11/h8,10-11,13H,1-7,9H2. The van der Waals surface area contributed by atoms with E-state index in [1.54, 1.807) is 6.07 Å². The minimum absolute atomic E-state index is 0.0480. The van der Waals surface area contributed by atoms with Gasteiger partial charge in [-0.15, -0.1) is 0 Å². The largest absolute Gasteiger partial charge is 0.452 e. The van der Waals surface area contributed by atoms with Crippen molar-refractivity contribution in [2.45, 2.75) is 51.0 Å². The summed E-state index contributed by atoms with van der Waals surface area (Å²) in [6, 6.07) is 2.10. The predicted molar refractivity (Wildman–Crippen MR) is 74.4 cm³/mol. The number of likely N-dealkylation sites (tertiary alicyclic amines) is 1. The van der Waals surface area contributed by atoms with Crippen LogP contribution in [0.5, 0.6) is 0 Å². The molecule has 4 heteroatoms. The van der Waals surface area contributed by atoms with E-state index in [1.165, 1.54) is 38.4 Å². The summed E-state index contributed by atoms with van der Waals surface area (Å²) in [5.74, 6) is 0.734. The van der Waals surface area contributed by atoms with E-state index in [4.69, 9.17) is 16.0 Å². The minimum atomic E-state index is 0.0480. The van der Waals surface area contributed by atoms with Gasteiger partial charge in [-0.3, -0.25) is 4.79 Å². The zero-order chi connectivity index (χ0) is 13.2. The molecule has 2 heterocycles. The Morgan fingerprint density at radius 3 is 2.68 bits per heavy atom. The molecule has 3 rings (SSSR count). The van der Waals surface area contributed by atoms with Crippen molar-refractivity contribution in [3.05, 3.63) is 23.1 Å². The number of nitrogens with zero attached hydrogens (tertiary/aromatic N) is 1. The Hall–Kier alpha value is -0.960. The van der Waals surface area contributed by atoms with Crippen molar-refractivity contribution >= 4 is 17.5 Å². The lowest BCUT2D eigenvalue weighted by atomic mass is 9.83. The van der Waals surface area contributed by atoms with Crippen molar-refractivity contribution in [2.24, 2.45) is 5.92 Å². The molecular weight excluding hydrogens is 262 g/mol. The van der Waals surface area contributed by atoms with Crippen LogP contribution >= 0.6 is 11.6 Å². The molecule has 0 spiro atoms. The van der Waals surface area contributed by atoms with Crippen LogP contribution in [0, 0.1) is 5.92 Å². The molecular formula is C15H20ClNO2. The van der Waals surface area contributed by atoms with Crippen molar-refractivity contribution in [2.75, 3.05) is 6.54 Å². The first-order chi connectivity index (χ1) is 9.27. The average molecular weight is 282 g/mol. The van der Waals surface area contributed by atoms with Gasteiger partial charge in [-0.25, -0.2) is 0 Å². The van der Waals surface area contributed by atoms with E-state index in [0.29, 0.717) is 17.5 Å². The fourth-order valence-corrected chi connectivity index (χ4v) is 3.85. The number of amides is 1. The lowest BCUT2D eigenvalue weighted by Gasteiger charge is -2.34. The van der Waals surface area contributed by atoms with Gasteiger partial charge in [0.2, 0.25) is 5.22 Å². The number of hydrogen-bond donors (Lipinski definition) is 0. The molecule has 104 valence electrons. The van der Waals surface area contributed by atoms with E-state index in [0.717, 1.165) is 19.4 Å². The van der Waals surface area contributed by atoms with Gasteiger partial charge in [0.15, 0.2) is 0 Å². The molecule has 1 aromatic rings. The van der Waals surface area contributed by atoms with Crippen LogP contribution in [-0.2, 0) is 0 Å². The van der Waals surface area contributed by atoms with Crippen LogP contribution in [0.4, 0.5) is 0 Å². The van der Waals surface area contributed by atoms with Gasteiger partial charge in [0.25, 0.3) is 5.91 Å². The van der Waals surface area contributed by atoms with Gasteiger partial charge in [0, 0.05) is 12.6 Å². The maximum absolute atomic E-state index is 12.6. The second-order valence-corrected chi connectivity index (χ2v) is 6.06. The molecule has 1 aliphatic heterocycles. The number of furan rings is 1. The first-order valence-electron chi connectivity index (χ1n) is 7.31. The lowest BCUT2D eigenvalue weighted by molar-refractivity contribution is 0.0661. The van der Waals surface area contributed by atoms with Crippen LogP contribution in [0.15, 0.2) is 16.7 Å². The first kappa shape index (κ1) is 13.0. The Morgan fingerprint density at radius 1 is 1.21 bits per heavy atom. The van der Waals surface area contributed by atoms with Crippen molar-refractivity contribution < 1.29 is 9.21 Å². The summed E-state index contributed by atoms with van der Waals surface area (Å²) in [5, 5.41) is 0.222. The van der Waals surface area contributed by atoms with Crippen LogP contribution in [0.25, 0.3) is 0 Å². The van der Waals surface area contributed by atoms with Crippen molar-refractivity contribution in [1.82, 2.24) is 4.90 Å². The highest BCUT2D eigenvalue weighted by Gasteiger charge is 2.36. The number of hydrogen-bond acceptors (Lipinski definition) is 2. The third-order valence-electron chi connectivity index (χ3n) is 4.60. The first-order valence-corrected chi connectivity index (χ1v) is 7.69. The monoisotopic (exact) mass is 281 g/mol. The highest BCUT2D eigenvalue weighted by molar-refractivity contribution is 6.32. The Balaban J connectivity index is 1.75. The number of carbonyl (C=O) groups is 1. The fraction of sp³-hybridized carbons (Fsp3) is 0.667. The molecule has 1 atom stereocenters. The molecule has 1 unspecified atom stereocenters. The Bertz CT molecular complexity index is 451. The van der Waals surface area contributed by atoms with Crippen LogP contribution < -0.4 is 0 Å². The van der Waals surface area contributed by atoms with Crippen LogP contribution in [-0.4, -0.2) is 23.4 Å². The zero-order valence-corrected chi connectivity index (χ0v) is 11.9. The SMILES string of the molecule is O=C(c1ccoc1Cl)N1CCCC1C1CCCCC1. The van der Waals surface area contributed by atoms with Gasteiger partial charge in [0.05, 0.1) is 11.8 Å². The van der Waals surface area contributed by atoms with E-state index in [1.807, 2.05) is 4.90 Å². The van der Waals surface area contributed by atoms with Crippen LogP contribution in [0.2, 0.25) is 5.22 Å². The third kappa shape index (κ3) is 2.53. The van der Waals surface area contributed by atoms with Gasteiger partial charge in [-0.2, -0.15) is 0 Å². The summed E-state index contributed by atoms with van der Waals surface area (Å²) in [7, 11) is 0. The van der Waals surface area contributed by atoms with Gasteiger partial charge in [-0.05, 0) is 49.3 Å². The molecule has 1 aliphatic carbocycles. The van der Waals surface area contributed by atoms with Gasteiger partial charge < -0.3 is 9.32 Å². The number of carbonyl (C=O) groups excluding carboxylic acids is 1. The van der Waals surface area contributed by atoms with Crippen molar-refractivity contribution in [1.29, 1.82) is 0 Å². The number of halogens is 1. The molecule has 2 aliphatic rings. The summed E-state index contributed by atoms with van der Waals surface area (Å²) in [6.45, 7) is 0.863. The van der Waals surface area contributed by atoms with Crippen LogP contribution in [0.3, 0.4) is 0 Å². The third-order valence-corrected chi connectivity index (χ3v) is 4.90. The fourth-order valence-electron chi connectivity index (χ4n) is 3.65. The molecule has 0 radical (unpaired) electrons. The second-order valence-electron chi connectivity index (χ2n) is 5.71. The molecule has 2 fully saturated rings. The molecule has 1 aromatic heterocycles. The smallest absolute Gasteiger partial charge is 0.258 e. The minimum Gasteiger partial charge on any atom is -0.452 e. The van der Waals surface area contributed by atoms with E-state index < -0.39 is 0 Å². The van der Waals surface area contributed by atoms with E-state index in [9.17, 15) is 4.79 Å². The molecule has 0 bridgehead atoms. The quantitative estimate of drug-likeness (QED) is 0.817. The Morgan fingerprint density at radius 2 is 2.00 bits per heavy atom. The zero-order valence-electron chi connectivity index (χ0n) is 11.1. The molecule has 1 saturated heterocycles. The van der Waals surface area contributed by atoms with Gasteiger partial charge in [-0.1, -0.05) is 19.3 Å². The van der Waals surface area contributed by atoms with E-state index in [2.05, 4.69) is 0 Å². The summed E-state index contributed by atoms with van der Waals surface area (Å²) in [4.78, 5) is 14.6. The Labute approximate surface area is 118 Å². The average Bonchev–Trinajstić information content (AvgIpc) is 3.07. The predicted octanol–water partition coefficient (Wildman–Crippen LogP) is 4.12. The summed E-state index contributed by atoms with van der Waals surface area (Å²) in [5.41, 5.74) is 0.518. The van der Waals surface area contributed by atoms with Crippen LogP contribution in [0.1, 0.15) is 55.3 Å². The molecule has 1 saturated carbocycles. The highest BCUT2D eigenvalue weighted by atomic mass is 35.5. The van der Waals surface area contributed by atoms with Crippen molar-refractivity contribution in [3.8, 4) is 0 Å². The highest BCUT2D eigenvalue weighted by Crippen LogP contribution is 2.35. The van der Waals surface area contributed by atoms with E-state index in [-0.39, 0.29) is 11.1 Å². The maximum atomic E-state index is 12.6. The second kappa shape index (κ2) is 5.58. The summed E-state index contributed by atoms with van der Waals surface area (Å²) >= 11 is 5.93. The van der Waals surface area contributed by atoms with Crippen molar-refractivity contribution in [3.63, 3.8) is 0 Å². The normalized spacial score (nSPS) is 24.9. The molecule has 1 amide bonds. The number of rotatable bonds is 2. The molecule has 0 N–H and O–H groups in total. The maximum Gasteiger partial charge on any atom is 0.258 e. The summed E-state index contributed by atoms with van der Waals surface area (Å²) < 4.78 is 5.04. The van der Waals surface area contributed by atoms with E-state index >= 15 is 0 Å². The molecule has 3 nitrogen and oxygen atoms in total. The van der Waals surface area contributed by atoms with Gasteiger partial charge >= 0.3 is 0 Å². The topological polar surface area (TPSA) is 33.5 Å². The Kier molecular flexibility index (Phi) is 3.83. The molecule has 19 heavy (non-hydrogen) atoms. The molecule has 0 aromatic carbocycles.